The second kappa shape index (κ2) is 6.71. The van der Waals surface area contributed by atoms with Gasteiger partial charge in [-0.3, -0.25) is 4.79 Å². The quantitative estimate of drug-likeness (QED) is 0.728. The first-order chi connectivity index (χ1) is 8.31. The molecule has 2 rings (SSSR count). The van der Waals surface area contributed by atoms with Gasteiger partial charge >= 0.3 is 0 Å². The van der Waals surface area contributed by atoms with Crippen molar-refractivity contribution < 1.29 is 9.53 Å². The molecule has 2 heterocycles. The van der Waals surface area contributed by atoms with Gasteiger partial charge in [0.1, 0.15) is 0 Å². The van der Waals surface area contributed by atoms with E-state index >= 15 is 0 Å². The van der Waals surface area contributed by atoms with Crippen molar-refractivity contribution in [1.82, 2.24) is 9.80 Å². The van der Waals surface area contributed by atoms with Gasteiger partial charge in [0, 0.05) is 38.1 Å². The van der Waals surface area contributed by atoms with Crippen molar-refractivity contribution in [3.63, 3.8) is 0 Å². The number of rotatable bonds is 3. The minimum atomic E-state index is 0.123. The fourth-order valence-corrected chi connectivity index (χ4v) is 3.02. The Kier molecular flexibility index (Phi) is 5.25. The Morgan fingerprint density at radius 1 is 1.29 bits per heavy atom. The molecule has 0 spiro atoms. The Morgan fingerprint density at radius 2 is 2.18 bits per heavy atom. The number of hydrogen-bond donors (Lipinski definition) is 0. The SMILES string of the molecule is O=C(C1CCOC1)N1CCCN(CCBr)CC1. The van der Waals surface area contributed by atoms with Gasteiger partial charge in [0.15, 0.2) is 0 Å². The summed E-state index contributed by atoms with van der Waals surface area (Å²) in [5.41, 5.74) is 0. The molecule has 0 aromatic rings. The lowest BCUT2D eigenvalue weighted by Gasteiger charge is -2.23. The number of halogens is 1. The summed E-state index contributed by atoms with van der Waals surface area (Å²) in [5.74, 6) is 0.431. The third kappa shape index (κ3) is 3.66. The molecule has 4 nitrogen and oxygen atoms in total. The molecule has 0 bridgehead atoms. The van der Waals surface area contributed by atoms with Gasteiger partial charge in [-0.25, -0.2) is 0 Å². The number of nitrogens with zero attached hydrogens (tertiary/aromatic N) is 2. The predicted molar refractivity (Wildman–Crippen MR) is 70.4 cm³/mol. The fraction of sp³-hybridized carbons (Fsp3) is 0.917. The number of carbonyl (C=O) groups excluding carboxylic acids is 1. The molecule has 2 fully saturated rings. The zero-order chi connectivity index (χ0) is 12.1. The maximum Gasteiger partial charge on any atom is 0.228 e. The molecule has 2 aliphatic rings. The molecular formula is C12H21BrN2O2. The molecule has 5 heteroatoms. The third-order valence-electron chi connectivity index (χ3n) is 3.58. The Labute approximate surface area is 111 Å². The number of alkyl halides is 1. The third-order valence-corrected chi connectivity index (χ3v) is 3.93. The summed E-state index contributed by atoms with van der Waals surface area (Å²) in [5, 5.41) is 1.01. The van der Waals surface area contributed by atoms with Gasteiger partial charge in [-0.2, -0.15) is 0 Å². The zero-order valence-corrected chi connectivity index (χ0v) is 11.8. The van der Waals surface area contributed by atoms with Crippen molar-refractivity contribution in [1.29, 1.82) is 0 Å². The molecule has 0 aromatic carbocycles. The minimum Gasteiger partial charge on any atom is -0.381 e. The molecule has 1 atom stereocenters. The van der Waals surface area contributed by atoms with Gasteiger partial charge in [-0.15, -0.1) is 0 Å². The lowest BCUT2D eigenvalue weighted by atomic mass is 10.1. The maximum absolute atomic E-state index is 12.2. The van der Waals surface area contributed by atoms with Crippen molar-refractivity contribution in [2.24, 2.45) is 5.92 Å². The van der Waals surface area contributed by atoms with Crippen LogP contribution in [0.1, 0.15) is 12.8 Å². The molecule has 2 saturated heterocycles. The van der Waals surface area contributed by atoms with E-state index in [0.29, 0.717) is 12.5 Å². The molecule has 1 unspecified atom stereocenters. The van der Waals surface area contributed by atoms with Crippen molar-refractivity contribution >= 4 is 21.8 Å². The van der Waals surface area contributed by atoms with Gasteiger partial charge in [-0.05, 0) is 19.4 Å². The second-order valence-corrected chi connectivity index (χ2v) is 5.56. The van der Waals surface area contributed by atoms with E-state index in [1.807, 2.05) is 4.90 Å². The Morgan fingerprint density at radius 3 is 2.88 bits per heavy atom. The highest BCUT2D eigenvalue weighted by Gasteiger charge is 2.28. The van der Waals surface area contributed by atoms with Crippen molar-refractivity contribution in [2.75, 3.05) is 51.3 Å². The van der Waals surface area contributed by atoms with Gasteiger partial charge in [-0.1, -0.05) is 15.9 Å². The number of amides is 1. The molecule has 2 aliphatic heterocycles. The van der Waals surface area contributed by atoms with Gasteiger partial charge < -0.3 is 14.5 Å². The van der Waals surface area contributed by atoms with Crippen LogP contribution in [-0.4, -0.2) is 67.0 Å². The highest BCUT2D eigenvalue weighted by Crippen LogP contribution is 2.16. The summed E-state index contributed by atoms with van der Waals surface area (Å²) < 4.78 is 5.30. The first kappa shape index (κ1) is 13.3. The van der Waals surface area contributed by atoms with Crippen LogP contribution in [-0.2, 0) is 9.53 Å². The minimum absolute atomic E-state index is 0.123. The summed E-state index contributed by atoms with van der Waals surface area (Å²) >= 11 is 3.47. The van der Waals surface area contributed by atoms with Crippen LogP contribution < -0.4 is 0 Å². The van der Waals surface area contributed by atoms with Crippen LogP contribution in [0.5, 0.6) is 0 Å². The van der Waals surface area contributed by atoms with E-state index in [0.717, 1.165) is 57.5 Å². The molecule has 98 valence electrons. The van der Waals surface area contributed by atoms with Gasteiger partial charge in [0.25, 0.3) is 0 Å². The summed E-state index contributed by atoms with van der Waals surface area (Å²) in [7, 11) is 0. The Bertz CT molecular complexity index is 257. The molecule has 0 saturated carbocycles. The molecule has 0 radical (unpaired) electrons. The Hall–Kier alpha value is -0.130. The predicted octanol–water partition coefficient (Wildman–Crippen LogP) is 0.952. The van der Waals surface area contributed by atoms with Crippen LogP contribution in [0.15, 0.2) is 0 Å². The van der Waals surface area contributed by atoms with E-state index in [-0.39, 0.29) is 5.92 Å². The van der Waals surface area contributed by atoms with E-state index in [2.05, 4.69) is 20.8 Å². The normalized spacial score (nSPS) is 27.1. The maximum atomic E-state index is 12.2. The number of ether oxygens (including phenoxy) is 1. The summed E-state index contributed by atoms with van der Waals surface area (Å²) in [6, 6.07) is 0. The van der Waals surface area contributed by atoms with E-state index in [1.54, 1.807) is 0 Å². The molecule has 17 heavy (non-hydrogen) atoms. The first-order valence-corrected chi connectivity index (χ1v) is 7.58. The average molecular weight is 305 g/mol. The van der Waals surface area contributed by atoms with E-state index < -0.39 is 0 Å². The highest BCUT2D eigenvalue weighted by atomic mass is 79.9. The van der Waals surface area contributed by atoms with Crippen molar-refractivity contribution in [2.45, 2.75) is 12.8 Å². The second-order valence-electron chi connectivity index (χ2n) is 4.77. The molecule has 0 aliphatic carbocycles. The van der Waals surface area contributed by atoms with Crippen LogP contribution >= 0.6 is 15.9 Å². The standard InChI is InChI=1S/C12H21BrN2O2/c13-3-6-14-4-1-5-15(8-7-14)12(16)11-2-9-17-10-11/h11H,1-10H2. The van der Waals surface area contributed by atoms with Crippen LogP contribution in [0.3, 0.4) is 0 Å². The van der Waals surface area contributed by atoms with E-state index in [4.69, 9.17) is 4.74 Å². The summed E-state index contributed by atoms with van der Waals surface area (Å²) in [6.45, 7) is 6.35. The van der Waals surface area contributed by atoms with Crippen molar-refractivity contribution in [3.8, 4) is 0 Å². The van der Waals surface area contributed by atoms with Crippen LogP contribution in [0.2, 0.25) is 0 Å². The van der Waals surface area contributed by atoms with Crippen LogP contribution in [0, 0.1) is 5.92 Å². The van der Waals surface area contributed by atoms with Crippen LogP contribution in [0.4, 0.5) is 0 Å². The van der Waals surface area contributed by atoms with Crippen LogP contribution in [0.25, 0.3) is 0 Å². The largest absolute Gasteiger partial charge is 0.381 e. The molecule has 1 amide bonds. The molecule has 0 N–H and O–H groups in total. The van der Waals surface area contributed by atoms with E-state index in [9.17, 15) is 4.79 Å². The summed E-state index contributed by atoms with van der Waals surface area (Å²) in [6.07, 6.45) is 1.99. The number of carbonyl (C=O) groups is 1. The van der Waals surface area contributed by atoms with E-state index in [1.165, 1.54) is 0 Å². The summed E-state index contributed by atoms with van der Waals surface area (Å²) in [4.78, 5) is 16.7. The number of hydrogen-bond acceptors (Lipinski definition) is 3. The molecular weight excluding hydrogens is 284 g/mol. The monoisotopic (exact) mass is 304 g/mol. The topological polar surface area (TPSA) is 32.8 Å². The highest BCUT2D eigenvalue weighted by molar-refractivity contribution is 9.09. The van der Waals surface area contributed by atoms with Gasteiger partial charge in [0.2, 0.25) is 5.91 Å². The first-order valence-electron chi connectivity index (χ1n) is 6.46. The zero-order valence-electron chi connectivity index (χ0n) is 10.2. The van der Waals surface area contributed by atoms with Gasteiger partial charge in [0.05, 0.1) is 12.5 Å². The average Bonchev–Trinajstić information content (AvgIpc) is 2.76. The van der Waals surface area contributed by atoms with Crippen molar-refractivity contribution in [3.05, 3.63) is 0 Å². The fourth-order valence-electron chi connectivity index (χ4n) is 2.52. The lowest BCUT2D eigenvalue weighted by molar-refractivity contribution is -0.135. The molecule has 0 aromatic heterocycles. The smallest absolute Gasteiger partial charge is 0.228 e. The Balaban J connectivity index is 1.83. The lowest BCUT2D eigenvalue weighted by Crippen LogP contribution is -2.39.